The highest BCUT2D eigenvalue weighted by Gasteiger charge is 2.17. The van der Waals surface area contributed by atoms with E-state index >= 15 is 0 Å². The van der Waals surface area contributed by atoms with Gasteiger partial charge in [0, 0.05) is 12.6 Å². The first-order valence-electron chi connectivity index (χ1n) is 5.53. The van der Waals surface area contributed by atoms with Crippen molar-refractivity contribution in [2.45, 2.75) is 18.9 Å². The van der Waals surface area contributed by atoms with Gasteiger partial charge in [0.25, 0.3) is 5.91 Å². The third kappa shape index (κ3) is 2.58. The Hall–Kier alpha value is -1.42. The molecule has 1 saturated heterocycles. The molecule has 1 aliphatic heterocycles. The Bertz CT molecular complexity index is 375. The number of hydrogen-bond acceptors (Lipinski definition) is 2. The molecule has 0 spiro atoms. The van der Waals surface area contributed by atoms with Crippen molar-refractivity contribution < 1.29 is 9.18 Å². The second-order valence-corrected chi connectivity index (χ2v) is 4.00. The van der Waals surface area contributed by atoms with E-state index in [-0.39, 0.29) is 17.5 Å². The van der Waals surface area contributed by atoms with Gasteiger partial charge in [-0.05, 0) is 31.5 Å². The molecular weight excluding hydrogens is 207 g/mol. The number of carbonyl (C=O) groups is 1. The van der Waals surface area contributed by atoms with Crippen LogP contribution in [0.15, 0.2) is 24.3 Å². The van der Waals surface area contributed by atoms with Crippen LogP contribution in [0.2, 0.25) is 0 Å². The van der Waals surface area contributed by atoms with E-state index in [2.05, 4.69) is 10.6 Å². The molecule has 1 aromatic rings. The first-order valence-corrected chi connectivity index (χ1v) is 5.53. The Balaban J connectivity index is 2.00. The van der Waals surface area contributed by atoms with Crippen molar-refractivity contribution >= 4 is 5.91 Å². The number of piperidine rings is 1. The average molecular weight is 222 g/mol. The zero-order valence-electron chi connectivity index (χ0n) is 9.00. The molecule has 2 N–H and O–H groups in total. The zero-order valence-corrected chi connectivity index (χ0v) is 9.00. The van der Waals surface area contributed by atoms with Crippen molar-refractivity contribution in [1.29, 1.82) is 0 Å². The number of carbonyl (C=O) groups excluding carboxylic acids is 1. The third-order valence-electron chi connectivity index (χ3n) is 2.75. The second-order valence-electron chi connectivity index (χ2n) is 4.00. The molecule has 4 heteroatoms. The Labute approximate surface area is 94.0 Å². The van der Waals surface area contributed by atoms with Crippen LogP contribution in [0, 0.1) is 5.82 Å². The number of amides is 1. The van der Waals surface area contributed by atoms with Crippen molar-refractivity contribution in [2.24, 2.45) is 0 Å². The standard InChI is InChI=1S/C12H15FN2O/c13-11-6-2-1-5-10(11)12(16)15-9-4-3-7-14-8-9/h1-2,5-6,9,14H,3-4,7-8H2,(H,15,16). The van der Waals surface area contributed by atoms with Crippen molar-refractivity contribution in [1.82, 2.24) is 10.6 Å². The molecule has 0 bridgehead atoms. The van der Waals surface area contributed by atoms with Crippen LogP contribution in [0.25, 0.3) is 0 Å². The molecule has 1 aromatic carbocycles. The molecule has 16 heavy (non-hydrogen) atoms. The fourth-order valence-corrected chi connectivity index (χ4v) is 1.88. The lowest BCUT2D eigenvalue weighted by molar-refractivity contribution is 0.0926. The van der Waals surface area contributed by atoms with E-state index in [1.54, 1.807) is 12.1 Å². The van der Waals surface area contributed by atoms with Gasteiger partial charge in [0.15, 0.2) is 0 Å². The minimum atomic E-state index is -0.469. The first-order chi connectivity index (χ1) is 7.77. The summed E-state index contributed by atoms with van der Waals surface area (Å²) < 4.78 is 13.3. The highest BCUT2D eigenvalue weighted by molar-refractivity contribution is 5.94. The van der Waals surface area contributed by atoms with Crippen LogP contribution in [-0.2, 0) is 0 Å². The van der Waals surface area contributed by atoms with Crippen molar-refractivity contribution in [3.8, 4) is 0 Å². The predicted octanol–water partition coefficient (Wildman–Crippen LogP) is 1.31. The maximum absolute atomic E-state index is 13.3. The highest BCUT2D eigenvalue weighted by atomic mass is 19.1. The number of rotatable bonds is 2. The van der Waals surface area contributed by atoms with Gasteiger partial charge in [0.05, 0.1) is 5.56 Å². The molecular formula is C12H15FN2O. The average Bonchev–Trinajstić information content (AvgIpc) is 2.31. The van der Waals surface area contributed by atoms with Gasteiger partial charge in [0.2, 0.25) is 0 Å². The highest BCUT2D eigenvalue weighted by Crippen LogP contribution is 2.08. The van der Waals surface area contributed by atoms with Crippen LogP contribution in [0.1, 0.15) is 23.2 Å². The predicted molar refractivity (Wildman–Crippen MR) is 59.8 cm³/mol. The van der Waals surface area contributed by atoms with Crippen LogP contribution in [-0.4, -0.2) is 25.0 Å². The van der Waals surface area contributed by atoms with E-state index in [0.29, 0.717) is 0 Å². The lowest BCUT2D eigenvalue weighted by Gasteiger charge is -2.23. The fourth-order valence-electron chi connectivity index (χ4n) is 1.88. The van der Waals surface area contributed by atoms with Crippen LogP contribution in [0.4, 0.5) is 4.39 Å². The van der Waals surface area contributed by atoms with Gasteiger partial charge in [-0.3, -0.25) is 4.79 Å². The molecule has 1 atom stereocenters. The molecule has 1 unspecified atom stereocenters. The van der Waals surface area contributed by atoms with E-state index in [1.165, 1.54) is 12.1 Å². The molecule has 1 amide bonds. The minimum absolute atomic E-state index is 0.112. The maximum Gasteiger partial charge on any atom is 0.254 e. The van der Waals surface area contributed by atoms with Crippen LogP contribution >= 0.6 is 0 Å². The Morgan fingerprint density at radius 3 is 2.94 bits per heavy atom. The van der Waals surface area contributed by atoms with Crippen LogP contribution < -0.4 is 10.6 Å². The van der Waals surface area contributed by atoms with Gasteiger partial charge in [-0.15, -0.1) is 0 Å². The maximum atomic E-state index is 13.3. The van der Waals surface area contributed by atoms with Crippen LogP contribution in [0.3, 0.4) is 0 Å². The van der Waals surface area contributed by atoms with Gasteiger partial charge in [-0.2, -0.15) is 0 Å². The molecule has 1 aliphatic rings. The first kappa shape index (κ1) is 11.1. The van der Waals surface area contributed by atoms with E-state index in [9.17, 15) is 9.18 Å². The van der Waals surface area contributed by atoms with Crippen molar-refractivity contribution in [2.75, 3.05) is 13.1 Å². The van der Waals surface area contributed by atoms with Gasteiger partial charge in [-0.1, -0.05) is 12.1 Å². The smallest absolute Gasteiger partial charge is 0.254 e. The molecule has 0 aliphatic carbocycles. The summed E-state index contributed by atoms with van der Waals surface area (Å²) in [4.78, 5) is 11.8. The topological polar surface area (TPSA) is 41.1 Å². The van der Waals surface area contributed by atoms with E-state index in [0.717, 1.165) is 25.9 Å². The quantitative estimate of drug-likeness (QED) is 0.792. The lowest BCUT2D eigenvalue weighted by atomic mass is 10.1. The second kappa shape index (κ2) is 5.07. The van der Waals surface area contributed by atoms with Crippen molar-refractivity contribution in [3.63, 3.8) is 0 Å². The molecule has 0 saturated carbocycles. The summed E-state index contributed by atoms with van der Waals surface area (Å²) in [7, 11) is 0. The summed E-state index contributed by atoms with van der Waals surface area (Å²) in [6, 6.07) is 6.15. The van der Waals surface area contributed by atoms with Crippen LogP contribution in [0.5, 0.6) is 0 Å². The third-order valence-corrected chi connectivity index (χ3v) is 2.75. The molecule has 0 aromatic heterocycles. The van der Waals surface area contributed by atoms with Gasteiger partial charge < -0.3 is 10.6 Å². The Morgan fingerprint density at radius 1 is 1.44 bits per heavy atom. The number of halogens is 1. The minimum Gasteiger partial charge on any atom is -0.348 e. The normalized spacial score (nSPS) is 20.4. The zero-order chi connectivity index (χ0) is 11.4. The van der Waals surface area contributed by atoms with E-state index < -0.39 is 5.82 Å². The Kier molecular flexibility index (Phi) is 3.51. The molecule has 3 nitrogen and oxygen atoms in total. The van der Waals surface area contributed by atoms with E-state index in [4.69, 9.17) is 0 Å². The summed E-state index contributed by atoms with van der Waals surface area (Å²) in [5.74, 6) is -0.796. The number of hydrogen-bond donors (Lipinski definition) is 2. The van der Waals surface area contributed by atoms with Crippen molar-refractivity contribution in [3.05, 3.63) is 35.6 Å². The monoisotopic (exact) mass is 222 g/mol. The lowest BCUT2D eigenvalue weighted by Crippen LogP contribution is -2.45. The number of nitrogens with one attached hydrogen (secondary N) is 2. The van der Waals surface area contributed by atoms with Gasteiger partial charge in [-0.25, -0.2) is 4.39 Å². The number of benzene rings is 1. The largest absolute Gasteiger partial charge is 0.348 e. The molecule has 1 fully saturated rings. The summed E-state index contributed by atoms with van der Waals surface area (Å²) >= 11 is 0. The molecule has 2 rings (SSSR count). The summed E-state index contributed by atoms with van der Waals surface area (Å²) in [5.41, 5.74) is 0.119. The molecule has 1 heterocycles. The fraction of sp³-hybridized carbons (Fsp3) is 0.417. The summed E-state index contributed by atoms with van der Waals surface area (Å²) in [6.07, 6.45) is 2.00. The molecule has 0 radical (unpaired) electrons. The van der Waals surface area contributed by atoms with E-state index in [1.807, 2.05) is 0 Å². The van der Waals surface area contributed by atoms with Gasteiger partial charge >= 0.3 is 0 Å². The van der Waals surface area contributed by atoms with Gasteiger partial charge in [0.1, 0.15) is 5.82 Å². The Morgan fingerprint density at radius 2 is 2.25 bits per heavy atom. The molecule has 86 valence electrons. The summed E-state index contributed by atoms with van der Waals surface area (Å²) in [5, 5.41) is 6.03. The summed E-state index contributed by atoms with van der Waals surface area (Å²) in [6.45, 7) is 1.76. The SMILES string of the molecule is O=C(NC1CCCNC1)c1ccccc1F.